The third-order valence-corrected chi connectivity index (χ3v) is 3.89. The molecular weight excluding hydrogens is 342 g/mol. The fourth-order valence-electron chi connectivity index (χ4n) is 2.48. The Labute approximate surface area is 161 Å². The molecule has 0 aliphatic rings. The summed E-state index contributed by atoms with van der Waals surface area (Å²) in [6, 6.07) is 13.4. The molecule has 0 aromatic heterocycles. The lowest BCUT2D eigenvalue weighted by molar-refractivity contribution is -0.116. The van der Waals surface area contributed by atoms with Crippen molar-refractivity contribution in [2.45, 2.75) is 33.1 Å². The molecule has 0 heterocycles. The summed E-state index contributed by atoms with van der Waals surface area (Å²) in [6.45, 7) is 5.03. The summed E-state index contributed by atoms with van der Waals surface area (Å²) < 4.78 is 16.1. The Morgan fingerprint density at radius 3 is 2.56 bits per heavy atom. The molecule has 0 radical (unpaired) electrons. The second-order valence-corrected chi connectivity index (χ2v) is 6.34. The molecule has 0 atom stereocenters. The van der Waals surface area contributed by atoms with Gasteiger partial charge in [-0.25, -0.2) is 0 Å². The van der Waals surface area contributed by atoms with E-state index in [4.69, 9.17) is 14.2 Å². The van der Waals surface area contributed by atoms with Crippen molar-refractivity contribution < 1.29 is 19.0 Å². The number of carbonyl (C=O) groups is 1. The van der Waals surface area contributed by atoms with E-state index in [1.807, 2.05) is 50.2 Å². The normalized spacial score (nSPS) is 11.0. The predicted octanol–water partition coefficient (Wildman–Crippen LogP) is 3.96. The van der Waals surface area contributed by atoms with Gasteiger partial charge in [0.25, 0.3) is 0 Å². The molecule has 0 unspecified atom stereocenters. The molecule has 0 saturated heterocycles. The van der Waals surface area contributed by atoms with Crippen LogP contribution in [0.3, 0.4) is 0 Å². The minimum atomic E-state index is -0.177. The van der Waals surface area contributed by atoms with E-state index in [9.17, 15) is 4.79 Å². The highest BCUT2D eigenvalue weighted by Gasteiger charge is 2.04. The van der Waals surface area contributed by atoms with Gasteiger partial charge in [0.2, 0.25) is 5.91 Å². The van der Waals surface area contributed by atoms with Crippen molar-refractivity contribution in [3.05, 3.63) is 65.2 Å². The summed E-state index contributed by atoms with van der Waals surface area (Å²) in [5.74, 6) is 1.21. The molecule has 0 aliphatic carbocycles. The van der Waals surface area contributed by atoms with Gasteiger partial charge in [-0.3, -0.25) is 4.79 Å². The molecule has 0 spiro atoms. The Morgan fingerprint density at radius 2 is 1.85 bits per heavy atom. The van der Waals surface area contributed by atoms with Crippen LogP contribution in [0.5, 0.6) is 11.5 Å². The van der Waals surface area contributed by atoms with Crippen LogP contribution in [0.25, 0.3) is 6.08 Å². The number of amides is 1. The molecule has 5 heteroatoms. The van der Waals surface area contributed by atoms with E-state index in [-0.39, 0.29) is 12.0 Å². The van der Waals surface area contributed by atoms with Gasteiger partial charge in [-0.1, -0.05) is 24.3 Å². The van der Waals surface area contributed by atoms with Crippen LogP contribution >= 0.6 is 0 Å². The molecule has 1 amide bonds. The van der Waals surface area contributed by atoms with Crippen molar-refractivity contribution in [1.29, 1.82) is 0 Å². The minimum Gasteiger partial charge on any atom is -0.497 e. The van der Waals surface area contributed by atoms with E-state index in [1.54, 1.807) is 26.4 Å². The zero-order chi connectivity index (χ0) is 19.6. The number of ether oxygens (including phenoxy) is 3. The van der Waals surface area contributed by atoms with Gasteiger partial charge in [0.1, 0.15) is 11.5 Å². The standard InChI is InChI=1S/C22H27NO4/c1-16(2)27-15-18-7-5-6-17(12-18)14-23-22(24)11-8-19-13-20(25-3)9-10-21(19)26-4/h5-13,16H,14-15H2,1-4H3,(H,23,24)/b11-8+. The van der Waals surface area contributed by atoms with Crippen LogP contribution in [-0.2, 0) is 22.7 Å². The van der Waals surface area contributed by atoms with Crippen LogP contribution in [0.4, 0.5) is 0 Å². The van der Waals surface area contributed by atoms with Crippen molar-refractivity contribution in [1.82, 2.24) is 5.32 Å². The highest BCUT2D eigenvalue weighted by Crippen LogP contribution is 2.25. The third-order valence-electron chi connectivity index (χ3n) is 3.89. The maximum atomic E-state index is 12.1. The number of rotatable bonds is 9. The summed E-state index contributed by atoms with van der Waals surface area (Å²) in [5.41, 5.74) is 2.90. The smallest absolute Gasteiger partial charge is 0.244 e. The first-order chi connectivity index (χ1) is 13.0. The first-order valence-corrected chi connectivity index (χ1v) is 8.89. The molecule has 2 aromatic rings. The highest BCUT2D eigenvalue weighted by molar-refractivity contribution is 5.92. The van der Waals surface area contributed by atoms with E-state index >= 15 is 0 Å². The van der Waals surface area contributed by atoms with Gasteiger partial charge in [0.15, 0.2) is 0 Å². The molecule has 0 aliphatic heterocycles. The van der Waals surface area contributed by atoms with Crippen molar-refractivity contribution in [2.24, 2.45) is 0 Å². The lowest BCUT2D eigenvalue weighted by Gasteiger charge is -2.09. The van der Waals surface area contributed by atoms with E-state index in [2.05, 4.69) is 5.32 Å². The predicted molar refractivity (Wildman–Crippen MR) is 107 cm³/mol. The Bertz CT molecular complexity index is 784. The van der Waals surface area contributed by atoms with Crippen LogP contribution in [0.1, 0.15) is 30.5 Å². The minimum absolute atomic E-state index is 0.177. The summed E-state index contributed by atoms with van der Waals surface area (Å²) in [4.78, 5) is 12.1. The van der Waals surface area contributed by atoms with Crippen LogP contribution in [0, 0.1) is 0 Å². The molecule has 0 fully saturated rings. The van der Waals surface area contributed by atoms with Gasteiger partial charge in [0.05, 0.1) is 26.9 Å². The van der Waals surface area contributed by atoms with Crippen molar-refractivity contribution >= 4 is 12.0 Å². The third kappa shape index (κ3) is 6.79. The number of methoxy groups -OCH3 is 2. The fraction of sp³-hybridized carbons (Fsp3) is 0.318. The molecular formula is C22H27NO4. The van der Waals surface area contributed by atoms with Gasteiger partial charge in [0, 0.05) is 18.2 Å². The molecule has 2 rings (SSSR count). The molecule has 144 valence electrons. The zero-order valence-corrected chi connectivity index (χ0v) is 16.3. The highest BCUT2D eigenvalue weighted by atomic mass is 16.5. The lowest BCUT2D eigenvalue weighted by Crippen LogP contribution is -2.20. The van der Waals surface area contributed by atoms with Crippen LogP contribution in [0.15, 0.2) is 48.5 Å². The van der Waals surface area contributed by atoms with Gasteiger partial charge >= 0.3 is 0 Å². The molecule has 0 bridgehead atoms. The summed E-state index contributed by atoms with van der Waals surface area (Å²) in [5, 5.41) is 2.89. The fourth-order valence-corrected chi connectivity index (χ4v) is 2.48. The zero-order valence-electron chi connectivity index (χ0n) is 16.3. The maximum Gasteiger partial charge on any atom is 0.244 e. The molecule has 1 N–H and O–H groups in total. The first kappa shape index (κ1) is 20.5. The number of benzene rings is 2. The van der Waals surface area contributed by atoms with Crippen molar-refractivity contribution in [3.63, 3.8) is 0 Å². The molecule has 0 saturated carbocycles. The van der Waals surface area contributed by atoms with E-state index < -0.39 is 0 Å². The molecule has 5 nitrogen and oxygen atoms in total. The second kappa shape index (κ2) is 10.4. The van der Waals surface area contributed by atoms with Crippen molar-refractivity contribution in [3.8, 4) is 11.5 Å². The van der Waals surface area contributed by atoms with E-state index in [0.717, 1.165) is 16.7 Å². The maximum absolute atomic E-state index is 12.1. The lowest BCUT2D eigenvalue weighted by atomic mass is 10.1. The Kier molecular flexibility index (Phi) is 7.89. The van der Waals surface area contributed by atoms with Crippen LogP contribution < -0.4 is 14.8 Å². The first-order valence-electron chi connectivity index (χ1n) is 8.89. The summed E-state index contributed by atoms with van der Waals surface area (Å²) in [6.07, 6.45) is 3.39. The van der Waals surface area contributed by atoms with Gasteiger partial charge in [-0.05, 0) is 49.2 Å². The quantitative estimate of drug-likeness (QED) is 0.680. The number of hydrogen-bond donors (Lipinski definition) is 1. The van der Waals surface area contributed by atoms with Gasteiger partial charge in [-0.15, -0.1) is 0 Å². The summed E-state index contributed by atoms with van der Waals surface area (Å²) in [7, 11) is 3.19. The average molecular weight is 369 g/mol. The molecule has 27 heavy (non-hydrogen) atoms. The summed E-state index contributed by atoms with van der Waals surface area (Å²) >= 11 is 0. The van der Waals surface area contributed by atoms with Crippen molar-refractivity contribution in [2.75, 3.05) is 14.2 Å². The number of carbonyl (C=O) groups excluding carboxylic acids is 1. The number of hydrogen-bond acceptors (Lipinski definition) is 4. The van der Waals surface area contributed by atoms with Gasteiger partial charge < -0.3 is 19.5 Å². The average Bonchev–Trinajstić information content (AvgIpc) is 2.69. The second-order valence-electron chi connectivity index (χ2n) is 6.34. The van der Waals surface area contributed by atoms with E-state index in [0.29, 0.717) is 24.7 Å². The molecule has 2 aromatic carbocycles. The van der Waals surface area contributed by atoms with Crippen LogP contribution in [0.2, 0.25) is 0 Å². The Hall–Kier alpha value is -2.79. The SMILES string of the molecule is COc1ccc(OC)c(/C=C/C(=O)NCc2cccc(COC(C)C)c2)c1. The largest absolute Gasteiger partial charge is 0.497 e. The van der Waals surface area contributed by atoms with Gasteiger partial charge in [-0.2, -0.15) is 0 Å². The van der Waals surface area contributed by atoms with E-state index in [1.165, 1.54) is 6.08 Å². The monoisotopic (exact) mass is 369 g/mol. The number of nitrogens with one attached hydrogen (secondary N) is 1. The van der Waals surface area contributed by atoms with Crippen LogP contribution in [-0.4, -0.2) is 26.2 Å². The topological polar surface area (TPSA) is 56.8 Å². The Balaban J connectivity index is 1.94. The Morgan fingerprint density at radius 1 is 1.07 bits per heavy atom.